The number of methoxy groups -OCH3 is 1. The van der Waals surface area contributed by atoms with Crippen molar-refractivity contribution in [1.29, 1.82) is 0 Å². The molecule has 0 saturated heterocycles. The van der Waals surface area contributed by atoms with Crippen LogP contribution in [0.25, 0.3) is 10.8 Å². The number of fused-ring (bicyclic) bond motifs is 2. The molecular weight excluding hydrogens is 354 g/mol. The monoisotopic (exact) mass is 386 g/mol. The molecule has 0 aromatic heterocycles. The lowest BCUT2D eigenvalue weighted by Crippen LogP contribution is -2.30. The Hall–Kier alpha value is -1.64. The Labute approximate surface area is 167 Å². The molecule has 2 aromatic carbocycles. The molecule has 2 aromatic rings. The van der Waals surface area contributed by atoms with E-state index in [2.05, 4.69) is 6.92 Å². The predicted octanol–water partition coefficient (Wildman–Crippen LogP) is 7.62. The van der Waals surface area contributed by atoms with Crippen molar-refractivity contribution in [2.45, 2.75) is 70.6 Å². The molecule has 0 heterocycles. The van der Waals surface area contributed by atoms with Crippen LogP contribution in [0, 0.1) is 29.4 Å². The van der Waals surface area contributed by atoms with Gasteiger partial charge in [-0.3, -0.25) is 0 Å². The lowest BCUT2D eigenvalue weighted by molar-refractivity contribution is 0.113. The molecule has 0 aliphatic heterocycles. The van der Waals surface area contributed by atoms with Crippen LogP contribution in [0.1, 0.15) is 76.2 Å². The largest absolute Gasteiger partial charge is 0.494 e. The first kappa shape index (κ1) is 19.7. The normalized spacial score (nSPS) is 27.6. The van der Waals surface area contributed by atoms with Gasteiger partial charge in [-0.2, -0.15) is 0 Å². The fraction of sp³-hybridized carbons (Fsp3) is 0.600. The molecule has 0 amide bonds. The van der Waals surface area contributed by atoms with E-state index < -0.39 is 5.82 Å². The highest BCUT2D eigenvalue weighted by molar-refractivity contribution is 5.85. The second kappa shape index (κ2) is 8.39. The van der Waals surface area contributed by atoms with Gasteiger partial charge in [0.25, 0.3) is 0 Å². The fourth-order valence-corrected chi connectivity index (χ4v) is 5.80. The summed E-state index contributed by atoms with van der Waals surface area (Å²) >= 11 is 0. The third-order valence-electron chi connectivity index (χ3n) is 7.38. The van der Waals surface area contributed by atoms with Crippen LogP contribution in [0.3, 0.4) is 0 Å². The molecule has 2 aliphatic carbocycles. The summed E-state index contributed by atoms with van der Waals surface area (Å²) < 4.78 is 34.5. The van der Waals surface area contributed by atoms with Crippen LogP contribution < -0.4 is 4.74 Å². The van der Waals surface area contributed by atoms with Gasteiger partial charge in [-0.25, -0.2) is 8.78 Å². The summed E-state index contributed by atoms with van der Waals surface area (Å²) in [5.74, 6) is 2.17. The quantitative estimate of drug-likeness (QED) is 0.513. The minimum Gasteiger partial charge on any atom is -0.494 e. The first-order valence-electron chi connectivity index (χ1n) is 11.1. The Balaban J connectivity index is 1.51. The summed E-state index contributed by atoms with van der Waals surface area (Å²) in [6, 6.07) is 6.72. The molecule has 2 aliphatic rings. The van der Waals surface area contributed by atoms with Gasteiger partial charge in [0.2, 0.25) is 0 Å². The van der Waals surface area contributed by atoms with Crippen molar-refractivity contribution in [3.8, 4) is 5.75 Å². The number of benzene rings is 2. The van der Waals surface area contributed by atoms with Crippen molar-refractivity contribution in [2.24, 2.45) is 17.8 Å². The van der Waals surface area contributed by atoms with Crippen molar-refractivity contribution in [3.63, 3.8) is 0 Å². The van der Waals surface area contributed by atoms with Gasteiger partial charge < -0.3 is 4.74 Å². The zero-order valence-corrected chi connectivity index (χ0v) is 17.1. The first-order valence-corrected chi connectivity index (χ1v) is 11.1. The lowest BCUT2D eigenvalue weighted by atomic mass is 9.63. The maximum absolute atomic E-state index is 15.3. The summed E-state index contributed by atoms with van der Waals surface area (Å²) in [5.41, 5.74) is 0.781. The second-order valence-electron chi connectivity index (χ2n) is 9.03. The Morgan fingerprint density at radius 2 is 1.79 bits per heavy atom. The SMILES string of the molecule is CCCCC1CCC2C[C@H](c3ccc4cc(OC)c(F)cc4c3F)CC[C@@H]2C1. The number of rotatable bonds is 5. The molecule has 2 saturated carbocycles. The van der Waals surface area contributed by atoms with Gasteiger partial charge in [0.1, 0.15) is 5.82 Å². The zero-order chi connectivity index (χ0) is 19.7. The maximum Gasteiger partial charge on any atom is 0.165 e. The van der Waals surface area contributed by atoms with Crippen LogP contribution >= 0.6 is 0 Å². The highest BCUT2D eigenvalue weighted by Gasteiger charge is 2.36. The van der Waals surface area contributed by atoms with Crippen molar-refractivity contribution in [3.05, 3.63) is 41.5 Å². The number of hydrogen-bond acceptors (Lipinski definition) is 1. The zero-order valence-electron chi connectivity index (χ0n) is 17.1. The van der Waals surface area contributed by atoms with Crippen LogP contribution in [-0.2, 0) is 0 Å². The molecule has 0 bridgehead atoms. The molecule has 4 rings (SSSR count). The summed E-state index contributed by atoms with van der Waals surface area (Å²) in [7, 11) is 1.43. The van der Waals surface area contributed by atoms with Gasteiger partial charge >= 0.3 is 0 Å². The van der Waals surface area contributed by atoms with Crippen molar-refractivity contribution in [2.75, 3.05) is 7.11 Å². The van der Waals surface area contributed by atoms with Gasteiger partial charge in [0.15, 0.2) is 11.6 Å². The molecule has 0 radical (unpaired) electrons. The lowest BCUT2D eigenvalue weighted by Gasteiger charge is -2.42. The predicted molar refractivity (Wildman–Crippen MR) is 111 cm³/mol. The van der Waals surface area contributed by atoms with Gasteiger partial charge in [0, 0.05) is 5.39 Å². The third kappa shape index (κ3) is 3.77. The van der Waals surface area contributed by atoms with Crippen molar-refractivity contribution in [1.82, 2.24) is 0 Å². The summed E-state index contributed by atoms with van der Waals surface area (Å²) in [6.07, 6.45) is 11.4. The van der Waals surface area contributed by atoms with E-state index in [4.69, 9.17) is 4.74 Å². The van der Waals surface area contributed by atoms with Gasteiger partial charge in [-0.1, -0.05) is 44.7 Å². The molecule has 28 heavy (non-hydrogen) atoms. The van der Waals surface area contributed by atoms with Crippen molar-refractivity contribution < 1.29 is 13.5 Å². The molecule has 0 N–H and O–H groups in total. The summed E-state index contributed by atoms with van der Waals surface area (Å²) in [4.78, 5) is 0. The van der Waals surface area contributed by atoms with E-state index in [1.54, 1.807) is 6.07 Å². The molecule has 152 valence electrons. The first-order chi connectivity index (χ1) is 13.6. The standard InChI is InChI=1S/C25H32F2O/c1-3-4-5-16-6-7-18-13-19(9-8-17(18)12-16)21-11-10-20-14-24(28-2)23(26)15-22(20)25(21)27/h10-11,14-19H,3-9,12-13H2,1-2H3/t16?,17-,18?,19-/m1/s1. The van der Waals surface area contributed by atoms with Crippen LogP contribution in [0.4, 0.5) is 8.78 Å². The van der Waals surface area contributed by atoms with E-state index in [1.165, 1.54) is 58.1 Å². The number of halogens is 2. The van der Waals surface area contributed by atoms with E-state index in [9.17, 15) is 4.39 Å². The van der Waals surface area contributed by atoms with E-state index in [-0.39, 0.29) is 17.5 Å². The summed E-state index contributed by atoms with van der Waals surface area (Å²) in [5, 5.41) is 1.07. The van der Waals surface area contributed by atoms with E-state index in [0.717, 1.165) is 36.2 Å². The summed E-state index contributed by atoms with van der Waals surface area (Å²) in [6.45, 7) is 2.27. The molecule has 2 fully saturated rings. The van der Waals surface area contributed by atoms with Crippen LogP contribution in [0.2, 0.25) is 0 Å². The highest BCUT2D eigenvalue weighted by atomic mass is 19.1. The average molecular weight is 387 g/mol. The second-order valence-corrected chi connectivity index (χ2v) is 9.03. The minimum absolute atomic E-state index is 0.167. The number of unbranched alkanes of at least 4 members (excludes halogenated alkanes) is 1. The molecule has 2 unspecified atom stereocenters. The van der Waals surface area contributed by atoms with Crippen molar-refractivity contribution >= 4 is 10.8 Å². The molecule has 3 heteroatoms. The maximum atomic E-state index is 15.3. The average Bonchev–Trinajstić information content (AvgIpc) is 2.72. The highest BCUT2D eigenvalue weighted by Crippen LogP contribution is 2.49. The van der Waals surface area contributed by atoms with Gasteiger partial charge in [-0.15, -0.1) is 0 Å². The van der Waals surface area contributed by atoms with E-state index >= 15 is 4.39 Å². The Bertz CT molecular complexity index is 831. The Kier molecular flexibility index (Phi) is 5.89. The number of hydrogen-bond donors (Lipinski definition) is 0. The Morgan fingerprint density at radius 1 is 1.00 bits per heavy atom. The van der Waals surface area contributed by atoms with Gasteiger partial charge in [0.05, 0.1) is 7.11 Å². The molecular formula is C25H32F2O. The molecule has 4 atom stereocenters. The molecule has 1 nitrogen and oxygen atoms in total. The topological polar surface area (TPSA) is 9.23 Å². The van der Waals surface area contributed by atoms with E-state index in [0.29, 0.717) is 10.8 Å². The van der Waals surface area contributed by atoms with Crippen LogP contribution in [-0.4, -0.2) is 7.11 Å². The van der Waals surface area contributed by atoms with Gasteiger partial charge in [-0.05, 0) is 78.9 Å². The molecule has 0 spiro atoms. The minimum atomic E-state index is -0.500. The fourth-order valence-electron chi connectivity index (χ4n) is 5.80. The number of ether oxygens (including phenoxy) is 1. The van der Waals surface area contributed by atoms with E-state index in [1.807, 2.05) is 12.1 Å². The Morgan fingerprint density at radius 3 is 2.57 bits per heavy atom. The van der Waals surface area contributed by atoms with Crippen LogP contribution in [0.15, 0.2) is 24.3 Å². The third-order valence-corrected chi connectivity index (χ3v) is 7.38. The smallest absolute Gasteiger partial charge is 0.165 e. The van der Waals surface area contributed by atoms with Crippen LogP contribution in [0.5, 0.6) is 5.75 Å².